The van der Waals surface area contributed by atoms with Crippen molar-refractivity contribution in [3.63, 3.8) is 0 Å². The van der Waals surface area contributed by atoms with Gasteiger partial charge in [0.2, 0.25) is 0 Å². The van der Waals surface area contributed by atoms with Crippen LogP contribution in [0, 0.1) is 11.8 Å². The van der Waals surface area contributed by atoms with Crippen LogP contribution < -0.4 is 16.4 Å². The first-order chi connectivity index (χ1) is 8.17. The summed E-state index contributed by atoms with van der Waals surface area (Å²) in [5.74, 6) is 5.61. The molecule has 0 fully saturated rings. The number of benzene rings is 1. The number of amides is 2. The molecule has 0 atom stereocenters. The van der Waals surface area contributed by atoms with E-state index < -0.39 is 0 Å². The van der Waals surface area contributed by atoms with Crippen molar-refractivity contribution in [1.82, 2.24) is 5.32 Å². The van der Waals surface area contributed by atoms with Crippen LogP contribution in [0.25, 0.3) is 0 Å². The normalized spacial score (nSPS) is 9.12. The zero-order valence-corrected chi connectivity index (χ0v) is 10.3. The van der Waals surface area contributed by atoms with Crippen molar-refractivity contribution in [2.45, 2.75) is 6.92 Å². The van der Waals surface area contributed by atoms with E-state index in [9.17, 15) is 4.79 Å². The Kier molecular flexibility index (Phi) is 5.34. The van der Waals surface area contributed by atoms with Crippen LogP contribution in [-0.4, -0.2) is 19.1 Å². The van der Waals surface area contributed by atoms with Gasteiger partial charge in [-0.1, -0.05) is 23.4 Å². The summed E-state index contributed by atoms with van der Waals surface area (Å²) in [7, 11) is 0. The summed E-state index contributed by atoms with van der Waals surface area (Å²) < 4.78 is 0. The Morgan fingerprint density at radius 1 is 1.53 bits per heavy atom. The molecule has 0 aliphatic rings. The molecule has 0 heterocycles. The van der Waals surface area contributed by atoms with E-state index in [0.717, 1.165) is 5.56 Å². The van der Waals surface area contributed by atoms with Crippen LogP contribution >= 0.6 is 11.6 Å². The summed E-state index contributed by atoms with van der Waals surface area (Å²) in [4.78, 5) is 11.4. The monoisotopic (exact) mass is 251 g/mol. The summed E-state index contributed by atoms with van der Waals surface area (Å²) in [5, 5.41) is 5.73. The van der Waals surface area contributed by atoms with Gasteiger partial charge in [-0.25, -0.2) is 4.79 Å². The van der Waals surface area contributed by atoms with Crippen LogP contribution in [0.1, 0.15) is 12.5 Å². The molecule has 0 aliphatic heterocycles. The third-order valence-electron chi connectivity index (χ3n) is 1.89. The van der Waals surface area contributed by atoms with Gasteiger partial charge in [-0.05, 0) is 25.1 Å². The van der Waals surface area contributed by atoms with Crippen LogP contribution in [0.15, 0.2) is 18.2 Å². The van der Waals surface area contributed by atoms with E-state index in [4.69, 9.17) is 17.3 Å². The van der Waals surface area contributed by atoms with Crippen molar-refractivity contribution < 1.29 is 4.79 Å². The SMILES string of the molecule is CCNC(=O)Nc1cc(C#CCN)ccc1Cl. The molecule has 5 heteroatoms. The molecule has 4 nitrogen and oxygen atoms in total. The Morgan fingerprint density at radius 2 is 2.29 bits per heavy atom. The number of urea groups is 1. The first-order valence-electron chi connectivity index (χ1n) is 5.20. The minimum atomic E-state index is -0.293. The van der Waals surface area contributed by atoms with E-state index >= 15 is 0 Å². The van der Waals surface area contributed by atoms with Crippen LogP contribution in [-0.2, 0) is 0 Å². The Bertz CT molecular complexity index is 463. The first-order valence-corrected chi connectivity index (χ1v) is 5.58. The molecule has 0 aliphatic carbocycles. The van der Waals surface area contributed by atoms with Gasteiger partial charge in [0, 0.05) is 12.1 Å². The number of carbonyl (C=O) groups excluding carboxylic acids is 1. The van der Waals surface area contributed by atoms with Crippen molar-refractivity contribution in [2.75, 3.05) is 18.4 Å². The summed E-state index contributed by atoms with van der Waals surface area (Å²) in [6, 6.07) is 4.87. The number of halogens is 1. The molecular weight excluding hydrogens is 238 g/mol. The van der Waals surface area contributed by atoms with E-state index in [-0.39, 0.29) is 6.03 Å². The van der Waals surface area contributed by atoms with Crippen molar-refractivity contribution in [2.24, 2.45) is 5.73 Å². The van der Waals surface area contributed by atoms with E-state index in [2.05, 4.69) is 22.5 Å². The maximum absolute atomic E-state index is 11.4. The van der Waals surface area contributed by atoms with Crippen LogP contribution in [0.5, 0.6) is 0 Å². The Morgan fingerprint density at radius 3 is 2.94 bits per heavy atom. The van der Waals surface area contributed by atoms with Crippen LogP contribution in [0.3, 0.4) is 0 Å². The van der Waals surface area contributed by atoms with Gasteiger partial charge in [-0.3, -0.25) is 0 Å². The Hall–Kier alpha value is -1.70. The summed E-state index contributed by atoms with van der Waals surface area (Å²) in [6.45, 7) is 2.68. The number of rotatable bonds is 2. The van der Waals surface area contributed by atoms with Crippen molar-refractivity contribution in [1.29, 1.82) is 0 Å². The third-order valence-corrected chi connectivity index (χ3v) is 2.22. The number of carbonyl (C=O) groups is 1. The summed E-state index contributed by atoms with van der Waals surface area (Å²) >= 11 is 5.96. The Labute approximate surface area is 106 Å². The fourth-order valence-electron chi connectivity index (χ4n) is 1.18. The van der Waals surface area contributed by atoms with Crippen LogP contribution in [0.4, 0.5) is 10.5 Å². The van der Waals surface area contributed by atoms with Gasteiger partial charge in [0.15, 0.2) is 0 Å². The molecule has 0 bridgehead atoms. The quantitative estimate of drug-likeness (QED) is 0.702. The molecule has 1 rings (SSSR count). The molecule has 2 amide bonds. The fourth-order valence-corrected chi connectivity index (χ4v) is 1.34. The lowest BCUT2D eigenvalue weighted by Crippen LogP contribution is -2.28. The van der Waals surface area contributed by atoms with Gasteiger partial charge in [0.25, 0.3) is 0 Å². The molecular formula is C12H14ClN3O. The van der Waals surface area contributed by atoms with Gasteiger partial charge in [-0.2, -0.15) is 0 Å². The molecule has 90 valence electrons. The van der Waals surface area contributed by atoms with E-state index in [1.54, 1.807) is 18.2 Å². The second-order valence-corrected chi connectivity index (χ2v) is 3.59. The molecule has 0 unspecified atom stereocenters. The molecule has 17 heavy (non-hydrogen) atoms. The van der Waals surface area contributed by atoms with Crippen molar-refractivity contribution in [3.8, 4) is 11.8 Å². The standard InChI is InChI=1S/C12H14ClN3O/c1-2-15-12(17)16-11-8-9(4-3-7-14)5-6-10(11)13/h5-6,8H,2,7,14H2,1H3,(H2,15,16,17). The second kappa shape index (κ2) is 6.79. The molecule has 0 radical (unpaired) electrons. The largest absolute Gasteiger partial charge is 0.338 e. The summed E-state index contributed by atoms with van der Waals surface area (Å²) in [6.07, 6.45) is 0. The van der Waals surface area contributed by atoms with Gasteiger partial charge >= 0.3 is 6.03 Å². The zero-order valence-electron chi connectivity index (χ0n) is 9.51. The molecule has 0 aromatic heterocycles. The number of anilines is 1. The van der Waals surface area contributed by atoms with Crippen molar-refractivity contribution >= 4 is 23.3 Å². The topological polar surface area (TPSA) is 67.2 Å². The van der Waals surface area contributed by atoms with Gasteiger partial charge in [0.05, 0.1) is 17.3 Å². The zero-order chi connectivity index (χ0) is 12.7. The van der Waals surface area contributed by atoms with Gasteiger partial charge in [-0.15, -0.1) is 0 Å². The van der Waals surface area contributed by atoms with Gasteiger partial charge < -0.3 is 16.4 Å². The number of nitrogens with two attached hydrogens (primary N) is 1. The molecule has 4 N–H and O–H groups in total. The predicted molar refractivity (Wildman–Crippen MR) is 70.1 cm³/mol. The Balaban J connectivity index is 2.86. The smallest absolute Gasteiger partial charge is 0.319 e. The maximum atomic E-state index is 11.4. The molecule has 0 saturated carbocycles. The average Bonchev–Trinajstić information content (AvgIpc) is 2.30. The number of nitrogens with one attached hydrogen (secondary N) is 2. The molecule has 1 aromatic rings. The molecule has 0 spiro atoms. The highest BCUT2D eigenvalue weighted by atomic mass is 35.5. The highest BCUT2D eigenvalue weighted by Gasteiger charge is 2.04. The average molecular weight is 252 g/mol. The lowest BCUT2D eigenvalue weighted by molar-refractivity contribution is 0.252. The van der Waals surface area contributed by atoms with E-state index in [1.165, 1.54) is 0 Å². The lowest BCUT2D eigenvalue weighted by atomic mass is 10.2. The van der Waals surface area contributed by atoms with E-state index in [1.807, 2.05) is 6.92 Å². The third kappa shape index (κ3) is 4.35. The van der Waals surface area contributed by atoms with E-state index in [0.29, 0.717) is 23.8 Å². The second-order valence-electron chi connectivity index (χ2n) is 3.18. The highest BCUT2D eigenvalue weighted by Crippen LogP contribution is 2.22. The number of hydrogen-bond donors (Lipinski definition) is 3. The predicted octanol–water partition coefficient (Wildman–Crippen LogP) is 1.79. The molecule has 0 saturated heterocycles. The van der Waals surface area contributed by atoms with Crippen molar-refractivity contribution in [3.05, 3.63) is 28.8 Å². The van der Waals surface area contributed by atoms with Crippen LogP contribution in [0.2, 0.25) is 5.02 Å². The minimum absolute atomic E-state index is 0.293. The summed E-state index contributed by atoms with van der Waals surface area (Å²) in [5.41, 5.74) is 6.57. The van der Waals surface area contributed by atoms with Gasteiger partial charge in [0.1, 0.15) is 0 Å². The fraction of sp³-hybridized carbons (Fsp3) is 0.250. The highest BCUT2D eigenvalue weighted by molar-refractivity contribution is 6.33. The first kappa shape index (κ1) is 13.4. The minimum Gasteiger partial charge on any atom is -0.338 e. The molecule has 1 aromatic carbocycles. The lowest BCUT2D eigenvalue weighted by Gasteiger charge is -2.07. The maximum Gasteiger partial charge on any atom is 0.319 e. The number of hydrogen-bond acceptors (Lipinski definition) is 2.